The Kier molecular flexibility index (Phi) is 6.04. The van der Waals surface area contributed by atoms with Crippen molar-refractivity contribution in [1.82, 2.24) is 5.43 Å². The molecule has 2 rings (SSSR count). The predicted molar refractivity (Wildman–Crippen MR) is 98.4 cm³/mol. The number of benzene rings is 2. The Labute approximate surface area is 156 Å². The zero-order valence-corrected chi connectivity index (χ0v) is 15.5. The molecule has 2 aromatic carbocycles. The normalized spacial score (nSPS) is 11.0. The molecule has 0 saturated carbocycles. The molecule has 0 unspecified atom stereocenters. The van der Waals surface area contributed by atoms with Crippen LogP contribution in [-0.2, 0) is 0 Å². The molecule has 0 fully saturated rings. The Bertz CT molecular complexity index is 816. The smallest absolute Gasteiger partial charge is 0.196 e. The lowest BCUT2D eigenvalue weighted by atomic mass is 10.1. The van der Waals surface area contributed by atoms with E-state index in [1.807, 2.05) is 32.0 Å². The number of rotatable bonds is 5. The van der Waals surface area contributed by atoms with Crippen LogP contribution in [0.15, 0.2) is 35.7 Å². The van der Waals surface area contributed by atoms with Crippen molar-refractivity contribution in [2.24, 2.45) is 5.10 Å². The van der Waals surface area contributed by atoms with E-state index in [9.17, 15) is 17.6 Å². The number of halogens is 5. The number of nitrogens with one attached hydrogen (secondary N) is 2. The van der Waals surface area contributed by atoms with E-state index in [1.165, 1.54) is 22.6 Å². The van der Waals surface area contributed by atoms with Gasteiger partial charge in [0.05, 0.1) is 15.3 Å². The van der Waals surface area contributed by atoms with Crippen LogP contribution < -0.4 is 10.7 Å². The summed E-state index contributed by atoms with van der Waals surface area (Å²) in [4.78, 5) is 0. The number of hydrazone groups is 1. The number of hydrogen-bond donors (Lipinski definition) is 2. The van der Waals surface area contributed by atoms with Gasteiger partial charge in [0.2, 0.25) is 0 Å². The highest BCUT2D eigenvalue weighted by atomic mass is 127. The van der Waals surface area contributed by atoms with Gasteiger partial charge in [-0.05, 0) is 47.6 Å². The zero-order chi connectivity index (χ0) is 18.7. The third kappa shape index (κ3) is 4.12. The summed E-state index contributed by atoms with van der Waals surface area (Å²) in [5.41, 5.74) is 4.43. The molecule has 25 heavy (non-hydrogen) atoms. The van der Waals surface area contributed by atoms with Gasteiger partial charge in [0.1, 0.15) is 5.82 Å². The summed E-state index contributed by atoms with van der Waals surface area (Å²) in [6.45, 7) is 7.50. The summed E-state index contributed by atoms with van der Waals surface area (Å²) in [6.07, 6.45) is 0.729. The number of nitrogens with zero attached hydrogens (tertiary/aromatic N) is 1. The minimum Gasteiger partial charge on any atom is -0.341 e. The standard InChI is InChI=1S/C17H14F4IN3/c1-8-5-4-6-9(2)17(8)24-10(3)25-23-7-11-12(18)14(20)15(21)16(22)13(11)19/h4-7,24-25H,3H2,1-2H3/b23-7+. The van der Waals surface area contributed by atoms with Crippen LogP contribution in [0.4, 0.5) is 23.2 Å². The molecule has 8 heteroatoms. The second-order valence-electron chi connectivity index (χ2n) is 5.22. The van der Waals surface area contributed by atoms with E-state index in [0.717, 1.165) is 23.0 Å². The topological polar surface area (TPSA) is 36.4 Å². The zero-order valence-electron chi connectivity index (χ0n) is 13.4. The van der Waals surface area contributed by atoms with Gasteiger partial charge in [-0.25, -0.2) is 17.6 Å². The molecule has 0 amide bonds. The van der Waals surface area contributed by atoms with E-state index < -0.39 is 32.4 Å². The van der Waals surface area contributed by atoms with E-state index in [2.05, 4.69) is 22.4 Å². The summed E-state index contributed by atoms with van der Waals surface area (Å²) in [5.74, 6) is -5.95. The fourth-order valence-corrected chi connectivity index (χ4v) is 2.63. The van der Waals surface area contributed by atoms with Gasteiger partial charge in [0.25, 0.3) is 0 Å². The van der Waals surface area contributed by atoms with Crippen molar-refractivity contribution in [2.45, 2.75) is 13.8 Å². The summed E-state index contributed by atoms with van der Waals surface area (Å²) in [7, 11) is 0. The molecular weight excluding hydrogens is 449 g/mol. The monoisotopic (exact) mass is 463 g/mol. The third-order valence-electron chi connectivity index (χ3n) is 3.39. The van der Waals surface area contributed by atoms with Gasteiger partial charge < -0.3 is 5.32 Å². The van der Waals surface area contributed by atoms with E-state index in [-0.39, 0.29) is 5.82 Å². The third-order valence-corrected chi connectivity index (χ3v) is 4.34. The highest BCUT2D eigenvalue weighted by Crippen LogP contribution is 2.24. The molecule has 0 heterocycles. The Morgan fingerprint density at radius 2 is 1.64 bits per heavy atom. The predicted octanol–water partition coefficient (Wildman–Crippen LogP) is 4.97. The lowest BCUT2D eigenvalue weighted by Crippen LogP contribution is -2.15. The minimum absolute atomic E-state index is 0.242. The van der Waals surface area contributed by atoms with Crippen molar-refractivity contribution in [2.75, 3.05) is 5.32 Å². The fraction of sp³-hybridized carbons (Fsp3) is 0.118. The van der Waals surface area contributed by atoms with Crippen LogP contribution in [0.5, 0.6) is 0 Å². The fourth-order valence-electron chi connectivity index (χ4n) is 2.10. The second kappa shape index (κ2) is 7.85. The maximum atomic E-state index is 13.9. The molecule has 0 bridgehead atoms. The second-order valence-corrected chi connectivity index (χ2v) is 6.30. The number of para-hydroxylation sites is 1. The first kappa shape index (κ1) is 19.2. The van der Waals surface area contributed by atoms with Gasteiger partial charge in [0, 0.05) is 5.69 Å². The molecule has 0 aliphatic carbocycles. The van der Waals surface area contributed by atoms with Crippen LogP contribution in [0, 0.1) is 40.7 Å². The van der Waals surface area contributed by atoms with E-state index in [1.54, 1.807) is 0 Å². The molecule has 0 radical (unpaired) electrons. The average Bonchev–Trinajstić information content (AvgIpc) is 2.58. The van der Waals surface area contributed by atoms with Gasteiger partial charge >= 0.3 is 0 Å². The average molecular weight is 463 g/mol. The van der Waals surface area contributed by atoms with Gasteiger partial charge in [0.15, 0.2) is 23.3 Å². The van der Waals surface area contributed by atoms with E-state index >= 15 is 0 Å². The van der Waals surface area contributed by atoms with Crippen molar-refractivity contribution < 1.29 is 17.6 Å². The van der Waals surface area contributed by atoms with Crippen LogP contribution >= 0.6 is 22.6 Å². The molecular formula is C17H14F4IN3. The molecule has 0 saturated heterocycles. The van der Waals surface area contributed by atoms with E-state index in [4.69, 9.17) is 0 Å². The molecule has 2 N–H and O–H groups in total. The first-order valence-corrected chi connectivity index (χ1v) is 8.14. The molecule has 2 aromatic rings. The molecule has 0 aliphatic rings. The van der Waals surface area contributed by atoms with Crippen molar-refractivity contribution >= 4 is 34.5 Å². The first-order chi connectivity index (χ1) is 11.7. The lowest BCUT2D eigenvalue weighted by Gasteiger charge is -2.14. The van der Waals surface area contributed by atoms with Gasteiger partial charge in [-0.15, -0.1) is 0 Å². The quantitative estimate of drug-likeness (QED) is 0.164. The molecule has 0 aliphatic heterocycles. The minimum atomic E-state index is -1.75. The first-order valence-electron chi connectivity index (χ1n) is 7.06. The number of hydrogen-bond acceptors (Lipinski definition) is 3. The maximum Gasteiger partial charge on any atom is 0.196 e. The molecule has 0 atom stereocenters. The maximum absolute atomic E-state index is 13.9. The Morgan fingerprint density at radius 3 is 2.24 bits per heavy atom. The SMILES string of the molecule is C=C(N/N=C/c1c(F)c(F)c(F)c(I)c1F)Nc1c(C)cccc1C. The van der Waals surface area contributed by atoms with Crippen LogP contribution in [0.3, 0.4) is 0 Å². The van der Waals surface area contributed by atoms with Gasteiger partial charge in [-0.1, -0.05) is 24.8 Å². The van der Waals surface area contributed by atoms with Crippen molar-refractivity contribution in [3.05, 3.63) is 74.1 Å². The van der Waals surface area contributed by atoms with Gasteiger partial charge in [-0.3, -0.25) is 5.43 Å². The highest BCUT2D eigenvalue weighted by molar-refractivity contribution is 14.1. The Hall–Kier alpha value is -2.10. The summed E-state index contributed by atoms with van der Waals surface area (Å²) >= 11 is 1.26. The summed E-state index contributed by atoms with van der Waals surface area (Å²) < 4.78 is 53.5. The molecule has 0 aromatic heterocycles. The van der Waals surface area contributed by atoms with Crippen molar-refractivity contribution in [3.63, 3.8) is 0 Å². The van der Waals surface area contributed by atoms with Crippen LogP contribution in [0.25, 0.3) is 0 Å². The Morgan fingerprint density at radius 1 is 1.04 bits per heavy atom. The molecule has 0 spiro atoms. The van der Waals surface area contributed by atoms with Crippen molar-refractivity contribution in [3.8, 4) is 0 Å². The summed E-state index contributed by atoms with van der Waals surface area (Å²) in [6, 6.07) is 5.71. The van der Waals surface area contributed by atoms with Gasteiger partial charge in [-0.2, -0.15) is 5.10 Å². The van der Waals surface area contributed by atoms with Crippen LogP contribution in [-0.4, -0.2) is 6.21 Å². The largest absolute Gasteiger partial charge is 0.341 e. The summed E-state index contributed by atoms with van der Waals surface area (Å²) in [5, 5.41) is 6.60. The highest BCUT2D eigenvalue weighted by Gasteiger charge is 2.22. The van der Waals surface area contributed by atoms with E-state index in [0.29, 0.717) is 0 Å². The van der Waals surface area contributed by atoms with Crippen LogP contribution in [0.2, 0.25) is 0 Å². The molecule has 132 valence electrons. The Balaban J connectivity index is 2.15. The number of aryl methyl sites for hydroxylation is 2. The van der Waals surface area contributed by atoms with Crippen molar-refractivity contribution in [1.29, 1.82) is 0 Å². The van der Waals surface area contributed by atoms with Crippen LogP contribution in [0.1, 0.15) is 16.7 Å². The number of anilines is 1. The molecule has 3 nitrogen and oxygen atoms in total. The lowest BCUT2D eigenvalue weighted by molar-refractivity contribution is 0.427.